The van der Waals surface area contributed by atoms with Crippen LogP contribution in [0.5, 0.6) is 0 Å². The highest BCUT2D eigenvalue weighted by molar-refractivity contribution is 7.26. The molecule has 0 unspecified atom stereocenters. The molecule has 0 aliphatic rings. The molecule has 0 spiro atoms. The van der Waals surface area contributed by atoms with Crippen molar-refractivity contribution in [1.82, 2.24) is 24.1 Å². The van der Waals surface area contributed by atoms with Crippen LogP contribution in [-0.2, 0) is 0 Å². The standard InChI is InChI=1S/C57H33N5S2/c1-2-12-37(13-3-1)61-47-18-8-4-14-39(47)45-30-31-46-40-15-5-9-19-48(40)62(54(46)53(45)61)38-26-22-34(23-27-38)55-58-56(35-24-28-43-41-16-6-10-20-49(41)63-51(43)32-35)60-57(59-55)36-25-29-44-42-17-7-11-21-50(42)64-52(44)33-36/h1-33H. The fourth-order valence-electron chi connectivity index (χ4n) is 9.87. The molecule has 5 heterocycles. The van der Waals surface area contributed by atoms with Gasteiger partial charge in [-0.3, -0.25) is 0 Å². The zero-order valence-corrected chi connectivity index (χ0v) is 35.7. The Kier molecular flexibility index (Phi) is 7.66. The lowest BCUT2D eigenvalue weighted by Crippen LogP contribution is -2.01. The average molecular weight is 852 g/mol. The van der Waals surface area contributed by atoms with Crippen molar-refractivity contribution >= 4 is 107 Å². The predicted molar refractivity (Wildman–Crippen MR) is 271 cm³/mol. The number of nitrogens with zero attached hydrogens (tertiary/aromatic N) is 5. The molecule has 0 aliphatic heterocycles. The number of para-hydroxylation sites is 3. The molecule has 298 valence electrons. The number of thiophene rings is 2. The van der Waals surface area contributed by atoms with Crippen molar-refractivity contribution in [3.8, 4) is 45.5 Å². The molecule has 0 saturated carbocycles. The van der Waals surface area contributed by atoms with Crippen LogP contribution in [0.3, 0.4) is 0 Å². The van der Waals surface area contributed by atoms with Gasteiger partial charge >= 0.3 is 0 Å². The lowest BCUT2D eigenvalue weighted by atomic mass is 10.1. The molecule has 14 rings (SSSR count). The van der Waals surface area contributed by atoms with Gasteiger partial charge in [0.25, 0.3) is 0 Å². The van der Waals surface area contributed by atoms with Crippen molar-refractivity contribution in [2.75, 3.05) is 0 Å². The normalized spacial score (nSPS) is 12.1. The minimum atomic E-state index is 0.633. The van der Waals surface area contributed by atoms with Crippen LogP contribution in [0.1, 0.15) is 0 Å². The molecule has 7 heteroatoms. The highest BCUT2D eigenvalue weighted by atomic mass is 32.1. The highest BCUT2D eigenvalue weighted by Gasteiger charge is 2.22. The van der Waals surface area contributed by atoms with E-state index in [4.69, 9.17) is 15.0 Å². The van der Waals surface area contributed by atoms with E-state index >= 15 is 0 Å². The molecule has 0 atom stereocenters. The third kappa shape index (κ3) is 5.32. The van der Waals surface area contributed by atoms with E-state index in [9.17, 15) is 0 Å². The zero-order chi connectivity index (χ0) is 41.9. The Morgan fingerprint density at radius 1 is 0.281 bits per heavy atom. The molecule has 0 saturated heterocycles. The molecule has 9 aromatic carbocycles. The number of aromatic nitrogens is 5. The van der Waals surface area contributed by atoms with Gasteiger partial charge in [0.2, 0.25) is 0 Å². The maximum Gasteiger partial charge on any atom is 0.164 e. The molecule has 0 N–H and O–H groups in total. The summed E-state index contributed by atoms with van der Waals surface area (Å²) in [6, 6.07) is 72.0. The molecule has 0 aliphatic carbocycles. The van der Waals surface area contributed by atoms with Gasteiger partial charge < -0.3 is 9.13 Å². The van der Waals surface area contributed by atoms with Gasteiger partial charge in [0.1, 0.15) is 0 Å². The van der Waals surface area contributed by atoms with E-state index in [1.54, 1.807) is 22.7 Å². The van der Waals surface area contributed by atoms with Crippen LogP contribution in [0.2, 0.25) is 0 Å². The Morgan fingerprint density at radius 2 is 0.656 bits per heavy atom. The Labute approximate surface area is 374 Å². The average Bonchev–Trinajstić information content (AvgIpc) is 4.11. The monoisotopic (exact) mass is 851 g/mol. The second-order valence-electron chi connectivity index (χ2n) is 16.4. The smallest absolute Gasteiger partial charge is 0.164 e. The van der Waals surface area contributed by atoms with E-state index in [0.717, 1.165) is 33.6 Å². The molecular weight excluding hydrogens is 819 g/mol. The van der Waals surface area contributed by atoms with E-state index in [-0.39, 0.29) is 0 Å². The third-order valence-corrected chi connectivity index (χ3v) is 15.0. The SMILES string of the molecule is c1ccc(-n2c3ccccc3c3ccc4c5ccccc5n(-c5ccc(-c6nc(-c7ccc8c(c7)sc7ccccc78)nc(-c7ccc8c(c7)sc7ccccc78)n6)cc5)c4c32)cc1. The molecule has 0 radical (unpaired) electrons. The molecule has 5 nitrogen and oxygen atoms in total. The number of benzene rings is 9. The zero-order valence-electron chi connectivity index (χ0n) is 34.1. The Bertz CT molecular complexity index is 4060. The summed E-state index contributed by atoms with van der Waals surface area (Å²) in [5, 5.41) is 9.92. The van der Waals surface area contributed by atoms with Crippen LogP contribution in [0, 0.1) is 0 Å². The van der Waals surface area contributed by atoms with Crippen molar-refractivity contribution in [3.05, 3.63) is 200 Å². The Balaban J connectivity index is 0.965. The van der Waals surface area contributed by atoms with E-state index < -0.39 is 0 Å². The quantitative estimate of drug-likeness (QED) is 0.173. The molecule has 0 fully saturated rings. The van der Waals surface area contributed by atoms with Crippen molar-refractivity contribution in [1.29, 1.82) is 0 Å². The topological polar surface area (TPSA) is 48.5 Å². The summed E-state index contributed by atoms with van der Waals surface area (Å²) in [6.45, 7) is 0. The van der Waals surface area contributed by atoms with Gasteiger partial charge in [-0.15, -0.1) is 22.7 Å². The maximum absolute atomic E-state index is 5.23. The van der Waals surface area contributed by atoms with Gasteiger partial charge in [-0.05, 0) is 72.8 Å². The van der Waals surface area contributed by atoms with Crippen molar-refractivity contribution in [3.63, 3.8) is 0 Å². The van der Waals surface area contributed by atoms with Crippen molar-refractivity contribution in [2.24, 2.45) is 0 Å². The minimum absolute atomic E-state index is 0.633. The first-order valence-corrected chi connectivity index (χ1v) is 23.1. The Morgan fingerprint density at radius 3 is 1.17 bits per heavy atom. The second kappa shape index (κ2) is 13.8. The summed E-state index contributed by atoms with van der Waals surface area (Å²) in [6.07, 6.45) is 0. The minimum Gasteiger partial charge on any atom is -0.307 e. The van der Waals surface area contributed by atoms with E-state index in [0.29, 0.717) is 17.5 Å². The van der Waals surface area contributed by atoms with E-state index in [2.05, 4.69) is 209 Å². The predicted octanol–water partition coefficient (Wildman–Crippen LogP) is 15.8. The molecular formula is C57H33N5S2. The summed E-state index contributed by atoms with van der Waals surface area (Å²) in [5.41, 5.74) is 9.73. The number of fused-ring (bicyclic) bond motifs is 13. The molecule has 14 aromatic rings. The van der Waals surface area contributed by atoms with Crippen LogP contribution in [0.15, 0.2) is 200 Å². The molecule has 0 amide bonds. The third-order valence-electron chi connectivity index (χ3n) is 12.8. The van der Waals surface area contributed by atoms with Crippen molar-refractivity contribution < 1.29 is 0 Å². The summed E-state index contributed by atoms with van der Waals surface area (Å²) in [5.74, 6) is 1.94. The summed E-state index contributed by atoms with van der Waals surface area (Å²) in [4.78, 5) is 15.7. The first-order chi connectivity index (χ1) is 31.7. The number of hydrogen-bond donors (Lipinski definition) is 0. The highest BCUT2D eigenvalue weighted by Crippen LogP contribution is 2.43. The fraction of sp³-hybridized carbons (Fsp3) is 0. The largest absolute Gasteiger partial charge is 0.307 e. The lowest BCUT2D eigenvalue weighted by molar-refractivity contribution is 1.07. The van der Waals surface area contributed by atoms with E-state index in [1.807, 2.05) is 0 Å². The van der Waals surface area contributed by atoms with Crippen LogP contribution >= 0.6 is 22.7 Å². The van der Waals surface area contributed by atoms with Crippen LogP contribution in [-0.4, -0.2) is 24.1 Å². The number of rotatable bonds is 5. The van der Waals surface area contributed by atoms with Gasteiger partial charge in [0.15, 0.2) is 17.5 Å². The second-order valence-corrected chi connectivity index (χ2v) is 18.5. The van der Waals surface area contributed by atoms with Gasteiger partial charge in [-0.1, -0.05) is 127 Å². The Hall–Kier alpha value is -7.97. The number of hydrogen-bond acceptors (Lipinski definition) is 5. The summed E-state index contributed by atoms with van der Waals surface area (Å²) >= 11 is 3.61. The first kappa shape index (κ1) is 35.6. The summed E-state index contributed by atoms with van der Waals surface area (Å²) < 4.78 is 9.83. The lowest BCUT2D eigenvalue weighted by Gasteiger charge is -2.13. The van der Waals surface area contributed by atoms with Crippen LogP contribution < -0.4 is 0 Å². The van der Waals surface area contributed by atoms with Gasteiger partial charge in [0.05, 0.1) is 22.1 Å². The van der Waals surface area contributed by atoms with E-state index in [1.165, 1.54) is 78.4 Å². The van der Waals surface area contributed by atoms with Gasteiger partial charge in [-0.2, -0.15) is 0 Å². The first-order valence-electron chi connectivity index (χ1n) is 21.4. The van der Waals surface area contributed by atoms with Crippen LogP contribution in [0.25, 0.3) is 129 Å². The molecule has 64 heavy (non-hydrogen) atoms. The maximum atomic E-state index is 5.23. The molecule has 5 aromatic heterocycles. The van der Waals surface area contributed by atoms with Crippen molar-refractivity contribution in [2.45, 2.75) is 0 Å². The van der Waals surface area contributed by atoms with Gasteiger partial charge in [0, 0.05) is 90.0 Å². The van der Waals surface area contributed by atoms with Gasteiger partial charge in [-0.25, -0.2) is 15.0 Å². The van der Waals surface area contributed by atoms with Crippen LogP contribution in [0.4, 0.5) is 0 Å². The molecule has 0 bridgehead atoms. The fourth-order valence-corrected chi connectivity index (χ4v) is 12.2. The summed E-state index contributed by atoms with van der Waals surface area (Å²) in [7, 11) is 0.